The first-order valence-corrected chi connectivity index (χ1v) is 10.0. The fraction of sp³-hybridized carbons (Fsp3) is 0.300. The average Bonchev–Trinajstić information content (AvgIpc) is 3.17. The highest BCUT2D eigenvalue weighted by molar-refractivity contribution is 7.80. The van der Waals surface area contributed by atoms with Gasteiger partial charge in [-0.1, -0.05) is 17.7 Å². The Bertz CT molecular complexity index is 951. The van der Waals surface area contributed by atoms with Crippen LogP contribution in [0.5, 0.6) is 0 Å². The predicted molar refractivity (Wildman–Crippen MR) is 117 cm³/mol. The number of hydrogen-bond acceptors (Lipinski definition) is 4. The van der Waals surface area contributed by atoms with E-state index in [0.717, 1.165) is 24.8 Å². The Kier molecular flexibility index (Phi) is 7.17. The number of nitrogens with one attached hydrogen (secondary N) is 1. The van der Waals surface area contributed by atoms with E-state index in [1.54, 1.807) is 17.0 Å². The van der Waals surface area contributed by atoms with Crippen molar-refractivity contribution in [3.8, 4) is 0 Å². The van der Waals surface area contributed by atoms with Crippen LogP contribution in [0.2, 0.25) is 5.02 Å². The lowest BCUT2D eigenvalue weighted by molar-refractivity contribution is 0.247. The van der Waals surface area contributed by atoms with Crippen molar-refractivity contribution in [1.29, 1.82) is 0 Å². The number of hydrogen-bond donors (Lipinski definition) is 2. The van der Waals surface area contributed by atoms with Crippen molar-refractivity contribution in [2.24, 2.45) is 10.8 Å². The van der Waals surface area contributed by atoms with E-state index in [1.807, 2.05) is 11.9 Å². The molecule has 10 heteroatoms. The highest BCUT2D eigenvalue weighted by atomic mass is 35.5. The molecule has 1 atom stereocenters. The molecule has 0 aliphatic carbocycles. The molecule has 30 heavy (non-hydrogen) atoms. The molecule has 3 N–H and O–H groups in total. The summed E-state index contributed by atoms with van der Waals surface area (Å²) in [7, 11) is 1.86. The number of hydrazone groups is 1. The van der Waals surface area contributed by atoms with Gasteiger partial charge >= 0.3 is 0 Å². The van der Waals surface area contributed by atoms with Gasteiger partial charge in [-0.15, -0.1) is 0 Å². The van der Waals surface area contributed by atoms with E-state index in [0.29, 0.717) is 30.2 Å². The van der Waals surface area contributed by atoms with Gasteiger partial charge in [-0.3, -0.25) is 10.3 Å². The summed E-state index contributed by atoms with van der Waals surface area (Å²) in [5.74, 6) is -1.54. The second-order valence-electron chi connectivity index (χ2n) is 7.06. The smallest absolute Gasteiger partial charge is 0.184 e. The zero-order chi connectivity index (χ0) is 21.8. The third kappa shape index (κ3) is 5.21. The molecule has 1 aliphatic heterocycles. The number of halogens is 4. The predicted octanol–water partition coefficient (Wildman–Crippen LogP) is 3.64. The van der Waals surface area contributed by atoms with Gasteiger partial charge in [-0.25, -0.2) is 13.2 Å². The van der Waals surface area contributed by atoms with Crippen molar-refractivity contribution >= 4 is 40.8 Å². The summed E-state index contributed by atoms with van der Waals surface area (Å²) in [4.78, 5) is 3.75. The van der Waals surface area contributed by atoms with Gasteiger partial charge in [0.25, 0.3) is 0 Å². The Balaban J connectivity index is 1.69. The van der Waals surface area contributed by atoms with E-state index < -0.39 is 11.6 Å². The van der Waals surface area contributed by atoms with Gasteiger partial charge in [0.1, 0.15) is 17.5 Å². The summed E-state index contributed by atoms with van der Waals surface area (Å²) in [6.07, 6.45) is 1.84. The van der Waals surface area contributed by atoms with Crippen molar-refractivity contribution in [2.45, 2.75) is 19.0 Å². The van der Waals surface area contributed by atoms with Crippen LogP contribution in [-0.2, 0) is 6.54 Å². The summed E-state index contributed by atoms with van der Waals surface area (Å²) >= 11 is 10.7. The highest BCUT2D eigenvalue weighted by Crippen LogP contribution is 2.29. The quantitative estimate of drug-likeness (QED) is 0.396. The highest BCUT2D eigenvalue weighted by Gasteiger charge is 2.28. The Labute approximate surface area is 183 Å². The molecule has 0 radical (unpaired) electrons. The summed E-state index contributed by atoms with van der Waals surface area (Å²) in [6.45, 7) is 1.36. The SMILES string of the molecule is CN(Cc1c(F)cccc1Cl)C1CCN(c2cc(F)c(C=NNC(N)=S)cc2F)C1. The minimum atomic E-state index is -0.616. The van der Waals surface area contributed by atoms with Gasteiger partial charge in [-0.05, 0) is 43.9 Å². The zero-order valence-electron chi connectivity index (χ0n) is 16.2. The van der Waals surface area contributed by atoms with Crippen LogP contribution < -0.4 is 16.1 Å². The van der Waals surface area contributed by atoms with E-state index in [-0.39, 0.29) is 28.2 Å². The second-order valence-corrected chi connectivity index (χ2v) is 7.91. The molecule has 0 bridgehead atoms. The standard InChI is InChI=1S/C20H21ClF3N5S/c1-28(11-14-15(21)3-2-4-16(14)22)13-5-6-29(10-13)19-8-17(23)12(7-18(19)24)9-26-27-20(25)30/h2-4,7-9,13H,5-6,10-11H2,1H3,(H3,25,27,30). The first kappa shape index (κ1) is 22.3. The first-order chi connectivity index (χ1) is 14.3. The van der Waals surface area contributed by atoms with Crippen LogP contribution in [0.4, 0.5) is 18.9 Å². The number of nitrogens with zero attached hydrogens (tertiary/aromatic N) is 3. The lowest BCUT2D eigenvalue weighted by atomic mass is 10.1. The van der Waals surface area contributed by atoms with Crippen molar-refractivity contribution in [3.63, 3.8) is 0 Å². The summed E-state index contributed by atoms with van der Waals surface area (Å²) in [5, 5.41) is 3.94. The number of anilines is 1. The monoisotopic (exact) mass is 455 g/mol. The molecule has 2 aromatic carbocycles. The maximum atomic E-state index is 14.6. The topological polar surface area (TPSA) is 56.9 Å². The molecule has 1 aliphatic rings. The third-order valence-corrected chi connectivity index (χ3v) is 5.49. The van der Waals surface area contributed by atoms with E-state index in [2.05, 4.69) is 22.7 Å². The maximum absolute atomic E-state index is 14.6. The van der Waals surface area contributed by atoms with Crippen LogP contribution in [0.1, 0.15) is 17.5 Å². The van der Waals surface area contributed by atoms with Crippen molar-refractivity contribution in [3.05, 3.63) is 63.9 Å². The van der Waals surface area contributed by atoms with Crippen molar-refractivity contribution < 1.29 is 13.2 Å². The van der Waals surface area contributed by atoms with Gasteiger partial charge in [0.05, 0.1) is 11.9 Å². The Morgan fingerprint density at radius 2 is 2.10 bits per heavy atom. The minimum Gasteiger partial charge on any atom is -0.375 e. The van der Waals surface area contributed by atoms with Crippen LogP contribution in [0.3, 0.4) is 0 Å². The lowest BCUT2D eigenvalue weighted by Crippen LogP contribution is -2.34. The van der Waals surface area contributed by atoms with Gasteiger partial charge in [0.15, 0.2) is 5.11 Å². The molecule has 0 aromatic heterocycles. The zero-order valence-corrected chi connectivity index (χ0v) is 17.8. The number of thiocarbonyl (C=S) groups is 1. The van der Waals surface area contributed by atoms with Crippen molar-refractivity contribution in [2.75, 3.05) is 25.0 Å². The minimum absolute atomic E-state index is 0.0259. The Morgan fingerprint density at radius 3 is 2.80 bits per heavy atom. The molecular formula is C20H21ClF3N5S. The molecule has 5 nitrogen and oxygen atoms in total. The molecular weight excluding hydrogens is 435 g/mol. The summed E-state index contributed by atoms with van der Waals surface area (Å²) in [6, 6.07) is 6.84. The molecule has 1 fully saturated rings. The number of nitrogens with two attached hydrogens (primary N) is 1. The molecule has 1 heterocycles. The van der Waals surface area contributed by atoms with Crippen LogP contribution in [-0.4, -0.2) is 42.4 Å². The Morgan fingerprint density at radius 1 is 1.33 bits per heavy atom. The molecule has 0 amide bonds. The van der Waals surface area contributed by atoms with E-state index in [9.17, 15) is 13.2 Å². The van der Waals surface area contributed by atoms with Gasteiger partial charge in [-0.2, -0.15) is 5.10 Å². The van der Waals surface area contributed by atoms with E-state index >= 15 is 0 Å². The second kappa shape index (κ2) is 9.63. The molecule has 1 unspecified atom stereocenters. The van der Waals surface area contributed by atoms with Crippen LogP contribution in [0, 0.1) is 17.5 Å². The number of rotatable bonds is 6. The molecule has 0 spiro atoms. The first-order valence-electron chi connectivity index (χ1n) is 9.22. The molecule has 160 valence electrons. The van der Waals surface area contributed by atoms with Crippen molar-refractivity contribution in [1.82, 2.24) is 10.3 Å². The summed E-state index contributed by atoms with van der Waals surface area (Å²) in [5.41, 5.74) is 8.10. The van der Waals surface area contributed by atoms with Crippen LogP contribution in [0.25, 0.3) is 0 Å². The van der Waals surface area contributed by atoms with Crippen LogP contribution >= 0.6 is 23.8 Å². The van der Waals surface area contributed by atoms with Gasteiger partial charge < -0.3 is 10.6 Å². The number of benzene rings is 2. The molecule has 0 saturated carbocycles. The fourth-order valence-corrected chi connectivity index (χ4v) is 3.72. The lowest BCUT2D eigenvalue weighted by Gasteiger charge is -2.26. The Hall–Kier alpha value is -2.36. The van der Waals surface area contributed by atoms with Crippen LogP contribution in [0.15, 0.2) is 35.4 Å². The maximum Gasteiger partial charge on any atom is 0.184 e. The largest absolute Gasteiger partial charge is 0.375 e. The average molecular weight is 456 g/mol. The number of likely N-dealkylation sites (N-methyl/N-ethyl adjacent to an activating group) is 1. The van der Waals surface area contributed by atoms with E-state index in [4.69, 9.17) is 17.3 Å². The summed E-state index contributed by atoms with van der Waals surface area (Å²) < 4.78 is 43.1. The third-order valence-electron chi connectivity index (χ3n) is 5.04. The van der Waals surface area contributed by atoms with Gasteiger partial charge in [0, 0.05) is 47.9 Å². The fourth-order valence-electron chi connectivity index (χ4n) is 3.44. The molecule has 3 rings (SSSR count). The normalized spacial score (nSPS) is 16.6. The van der Waals surface area contributed by atoms with E-state index in [1.165, 1.54) is 6.07 Å². The molecule has 1 saturated heterocycles. The van der Waals surface area contributed by atoms with Gasteiger partial charge in [0.2, 0.25) is 0 Å². The molecule has 2 aromatic rings.